The summed E-state index contributed by atoms with van der Waals surface area (Å²) >= 11 is 0. The second-order valence-electron chi connectivity index (χ2n) is 3.62. The van der Waals surface area contributed by atoms with Crippen molar-refractivity contribution in [1.29, 1.82) is 0 Å². The first-order valence-electron chi connectivity index (χ1n) is 5.54. The molecular weight excluding hydrogens is 232 g/mol. The van der Waals surface area contributed by atoms with Crippen molar-refractivity contribution in [2.75, 3.05) is 6.54 Å². The lowest BCUT2D eigenvalue weighted by atomic mass is 10.2. The predicted octanol–water partition coefficient (Wildman–Crippen LogP) is 0.964. The first-order valence-corrected chi connectivity index (χ1v) is 5.54. The number of carbonyl (C=O) groups excluding carboxylic acids is 2. The van der Waals surface area contributed by atoms with Crippen LogP contribution in [0.1, 0.15) is 12.5 Å². The van der Waals surface area contributed by atoms with Gasteiger partial charge in [-0.25, -0.2) is 5.06 Å². The van der Waals surface area contributed by atoms with Gasteiger partial charge in [0.1, 0.15) is 19.1 Å². The van der Waals surface area contributed by atoms with Gasteiger partial charge in [0.15, 0.2) is 0 Å². The number of rotatable bonds is 6. The maximum absolute atomic E-state index is 11.7. The molecule has 1 aromatic rings. The normalized spacial score (nSPS) is 12.3. The molecule has 1 rings (SSSR count). The van der Waals surface area contributed by atoms with E-state index in [-0.39, 0.29) is 6.54 Å². The number of aldehydes is 1. The molecule has 0 aliphatic carbocycles. The van der Waals surface area contributed by atoms with Gasteiger partial charge in [0, 0.05) is 6.08 Å². The lowest BCUT2D eigenvalue weighted by molar-refractivity contribution is -0.196. The second kappa shape index (κ2) is 7.37. The molecule has 0 radical (unpaired) electrons. The van der Waals surface area contributed by atoms with Crippen LogP contribution in [0.3, 0.4) is 0 Å². The molecule has 1 aromatic carbocycles. The quantitative estimate of drug-likeness (QED) is 0.352. The molecule has 0 heterocycles. The van der Waals surface area contributed by atoms with E-state index in [2.05, 4.69) is 0 Å². The SMILES string of the molecule is CC(N)ON(CC=O)C(=O)/C=C/c1ccccc1. The Balaban J connectivity index is 2.66. The van der Waals surface area contributed by atoms with Gasteiger partial charge >= 0.3 is 0 Å². The number of hydrogen-bond acceptors (Lipinski definition) is 4. The summed E-state index contributed by atoms with van der Waals surface area (Å²) in [5.74, 6) is -0.428. The molecule has 0 aromatic heterocycles. The zero-order valence-electron chi connectivity index (χ0n) is 10.2. The minimum atomic E-state index is -0.654. The molecule has 1 atom stereocenters. The fraction of sp³-hybridized carbons (Fsp3) is 0.231. The lowest BCUT2D eigenvalue weighted by Crippen LogP contribution is -2.37. The van der Waals surface area contributed by atoms with Gasteiger partial charge in [-0.15, -0.1) is 0 Å². The Morgan fingerprint density at radius 3 is 2.67 bits per heavy atom. The fourth-order valence-electron chi connectivity index (χ4n) is 1.27. The third-order valence-corrected chi connectivity index (χ3v) is 2.00. The van der Waals surface area contributed by atoms with E-state index in [9.17, 15) is 9.59 Å². The number of nitrogens with zero attached hydrogens (tertiary/aromatic N) is 1. The van der Waals surface area contributed by atoms with Gasteiger partial charge in [-0.3, -0.25) is 9.63 Å². The number of benzene rings is 1. The highest BCUT2D eigenvalue weighted by Gasteiger charge is 2.12. The molecule has 1 unspecified atom stereocenters. The van der Waals surface area contributed by atoms with E-state index in [1.54, 1.807) is 13.0 Å². The minimum Gasteiger partial charge on any atom is -0.304 e. The van der Waals surface area contributed by atoms with Gasteiger partial charge in [-0.05, 0) is 18.6 Å². The van der Waals surface area contributed by atoms with E-state index in [0.29, 0.717) is 6.29 Å². The Kier molecular flexibility index (Phi) is 5.76. The van der Waals surface area contributed by atoms with Crippen LogP contribution in [0.15, 0.2) is 36.4 Å². The standard InChI is InChI=1S/C13H16N2O3/c1-11(14)18-15(9-10-16)13(17)8-7-12-5-3-2-4-6-12/h2-8,10-11H,9,14H2,1H3/b8-7+. The summed E-state index contributed by atoms with van der Waals surface area (Å²) < 4.78 is 0. The Hall–Kier alpha value is -1.98. The Bertz CT molecular complexity index is 416. The molecule has 0 spiro atoms. The maximum atomic E-state index is 11.7. The Morgan fingerprint density at radius 1 is 1.44 bits per heavy atom. The van der Waals surface area contributed by atoms with Gasteiger partial charge in [0.05, 0.1) is 0 Å². The van der Waals surface area contributed by atoms with Crippen LogP contribution in [0.4, 0.5) is 0 Å². The number of amides is 1. The second-order valence-corrected chi connectivity index (χ2v) is 3.62. The molecule has 0 saturated heterocycles. The first kappa shape index (κ1) is 14.1. The number of hydrogen-bond donors (Lipinski definition) is 1. The lowest BCUT2D eigenvalue weighted by Gasteiger charge is -2.19. The highest BCUT2D eigenvalue weighted by molar-refractivity contribution is 5.92. The van der Waals surface area contributed by atoms with Crippen molar-refractivity contribution in [1.82, 2.24) is 5.06 Å². The van der Waals surface area contributed by atoms with Gasteiger partial charge in [0.25, 0.3) is 5.91 Å². The van der Waals surface area contributed by atoms with E-state index in [1.807, 2.05) is 30.3 Å². The summed E-state index contributed by atoms with van der Waals surface area (Å²) in [6.45, 7) is 1.42. The van der Waals surface area contributed by atoms with Gasteiger partial charge < -0.3 is 10.5 Å². The molecule has 5 nitrogen and oxygen atoms in total. The average molecular weight is 248 g/mol. The number of hydroxylamine groups is 2. The van der Waals surface area contributed by atoms with Crippen molar-refractivity contribution in [3.05, 3.63) is 42.0 Å². The summed E-state index contributed by atoms with van der Waals surface area (Å²) in [7, 11) is 0. The monoisotopic (exact) mass is 248 g/mol. The van der Waals surface area contributed by atoms with Crippen LogP contribution in [0.5, 0.6) is 0 Å². The van der Waals surface area contributed by atoms with Crippen LogP contribution in [-0.2, 0) is 14.4 Å². The number of nitrogens with two attached hydrogens (primary N) is 1. The average Bonchev–Trinajstić information content (AvgIpc) is 2.36. The topological polar surface area (TPSA) is 72.6 Å². The van der Waals surface area contributed by atoms with Crippen molar-refractivity contribution in [3.8, 4) is 0 Å². The van der Waals surface area contributed by atoms with Crippen molar-refractivity contribution >= 4 is 18.3 Å². The summed E-state index contributed by atoms with van der Waals surface area (Å²) in [6.07, 6.45) is 2.90. The number of carbonyl (C=O) groups is 2. The maximum Gasteiger partial charge on any atom is 0.270 e. The zero-order chi connectivity index (χ0) is 13.4. The molecule has 5 heteroatoms. The largest absolute Gasteiger partial charge is 0.304 e. The van der Waals surface area contributed by atoms with Crippen molar-refractivity contribution in [2.45, 2.75) is 13.2 Å². The van der Waals surface area contributed by atoms with Crippen LogP contribution < -0.4 is 5.73 Å². The summed E-state index contributed by atoms with van der Waals surface area (Å²) in [5.41, 5.74) is 6.30. The molecule has 0 aliphatic rings. The summed E-state index contributed by atoms with van der Waals surface area (Å²) in [6, 6.07) is 9.34. The smallest absolute Gasteiger partial charge is 0.270 e. The van der Waals surface area contributed by atoms with Crippen LogP contribution in [0.2, 0.25) is 0 Å². The predicted molar refractivity (Wildman–Crippen MR) is 68.0 cm³/mol. The molecule has 0 saturated carbocycles. The highest BCUT2D eigenvalue weighted by Crippen LogP contribution is 2.02. The first-order chi connectivity index (χ1) is 8.63. The van der Waals surface area contributed by atoms with Gasteiger partial charge in [-0.2, -0.15) is 0 Å². The molecule has 18 heavy (non-hydrogen) atoms. The Labute approximate surface area is 106 Å². The van der Waals surface area contributed by atoms with Crippen molar-refractivity contribution in [2.24, 2.45) is 5.73 Å². The van der Waals surface area contributed by atoms with E-state index >= 15 is 0 Å². The Morgan fingerprint density at radius 2 is 2.11 bits per heavy atom. The molecule has 0 bridgehead atoms. The van der Waals surface area contributed by atoms with E-state index < -0.39 is 12.1 Å². The van der Waals surface area contributed by atoms with E-state index in [4.69, 9.17) is 10.6 Å². The summed E-state index contributed by atoms with van der Waals surface area (Å²) in [4.78, 5) is 27.2. The highest BCUT2D eigenvalue weighted by atomic mass is 16.7. The van der Waals surface area contributed by atoms with Crippen LogP contribution in [0, 0.1) is 0 Å². The van der Waals surface area contributed by atoms with Gasteiger partial charge in [-0.1, -0.05) is 30.3 Å². The minimum absolute atomic E-state index is 0.153. The molecule has 96 valence electrons. The molecule has 0 aliphatic heterocycles. The molecular formula is C13H16N2O3. The molecule has 2 N–H and O–H groups in total. The van der Waals surface area contributed by atoms with Gasteiger partial charge in [0.2, 0.25) is 0 Å². The zero-order valence-corrected chi connectivity index (χ0v) is 10.2. The van der Waals surface area contributed by atoms with Crippen LogP contribution >= 0.6 is 0 Å². The molecule has 1 amide bonds. The van der Waals surface area contributed by atoms with Crippen LogP contribution in [-0.4, -0.2) is 30.0 Å². The third kappa shape index (κ3) is 4.90. The van der Waals surface area contributed by atoms with Crippen molar-refractivity contribution < 1.29 is 14.4 Å². The van der Waals surface area contributed by atoms with Crippen LogP contribution in [0.25, 0.3) is 6.08 Å². The van der Waals surface area contributed by atoms with E-state index in [0.717, 1.165) is 10.6 Å². The summed E-state index contributed by atoms with van der Waals surface area (Å²) in [5, 5.41) is 0.928. The third-order valence-electron chi connectivity index (χ3n) is 2.00. The van der Waals surface area contributed by atoms with Crippen molar-refractivity contribution in [3.63, 3.8) is 0 Å². The molecule has 0 fully saturated rings. The fourth-order valence-corrected chi connectivity index (χ4v) is 1.27. The van der Waals surface area contributed by atoms with E-state index in [1.165, 1.54) is 6.08 Å².